The Bertz CT molecular complexity index is 995. The molecule has 2 fully saturated rings. The van der Waals surface area contributed by atoms with Gasteiger partial charge in [0.2, 0.25) is 0 Å². The molecule has 192 valence electrons. The number of anilines is 2. The molecule has 0 unspecified atom stereocenters. The Morgan fingerprint density at radius 2 is 1.26 bits per heavy atom. The zero-order chi connectivity index (χ0) is 25.6. The second kappa shape index (κ2) is 12.2. The zero-order valence-corrected chi connectivity index (χ0v) is 23.0. The van der Waals surface area contributed by atoms with Crippen LogP contribution in [-0.4, -0.2) is 69.0 Å². The number of carbonyl (C=O) groups is 1. The summed E-state index contributed by atoms with van der Waals surface area (Å²) in [5, 5.41) is 4.98. The fourth-order valence-electron chi connectivity index (χ4n) is 4.05. The van der Waals surface area contributed by atoms with Crippen molar-refractivity contribution in [3.8, 4) is 0 Å². The van der Waals surface area contributed by atoms with Crippen molar-refractivity contribution in [3.63, 3.8) is 0 Å². The van der Waals surface area contributed by atoms with Gasteiger partial charge >= 0.3 is 6.09 Å². The fourth-order valence-corrected chi connectivity index (χ4v) is 4.28. The highest BCUT2D eigenvalue weighted by molar-refractivity contribution is 6.31. The number of benzene rings is 2. The number of aryl methyl sites for hydroxylation is 2. The van der Waals surface area contributed by atoms with E-state index in [9.17, 15) is 4.79 Å². The minimum atomic E-state index is -0.443. The first-order valence-corrected chi connectivity index (χ1v) is 13.0. The summed E-state index contributed by atoms with van der Waals surface area (Å²) in [7, 11) is 0. The predicted molar refractivity (Wildman–Crippen MR) is 147 cm³/mol. The molecule has 1 N–H and O–H groups in total. The van der Waals surface area contributed by atoms with E-state index >= 15 is 0 Å². The third kappa shape index (κ3) is 8.19. The summed E-state index contributed by atoms with van der Waals surface area (Å²) in [6.07, 6.45) is -0.227. The third-order valence-electron chi connectivity index (χ3n) is 6.06. The molecule has 35 heavy (non-hydrogen) atoms. The summed E-state index contributed by atoms with van der Waals surface area (Å²) in [6.45, 7) is 17.0. The van der Waals surface area contributed by atoms with E-state index in [-0.39, 0.29) is 6.09 Å². The average molecular weight is 522 g/mol. The Morgan fingerprint density at radius 1 is 0.800 bits per heavy atom. The number of carbonyl (C=O) groups excluding carboxylic acids is 1. The number of piperazine rings is 2. The van der Waals surface area contributed by atoms with Crippen molar-refractivity contribution in [3.05, 3.63) is 57.6 Å². The molecule has 0 aromatic heterocycles. The number of rotatable bonds is 2. The van der Waals surface area contributed by atoms with Crippen LogP contribution in [0.15, 0.2) is 36.4 Å². The Morgan fingerprint density at radius 3 is 1.69 bits per heavy atom. The van der Waals surface area contributed by atoms with Crippen LogP contribution in [0.2, 0.25) is 10.0 Å². The molecule has 2 aliphatic rings. The normalized spacial score (nSPS) is 16.5. The molecule has 0 spiro atoms. The molecule has 2 aromatic rings. The monoisotopic (exact) mass is 520 g/mol. The van der Waals surface area contributed by atoms with Gasteiger partial charge in [0.1, 0.15) is 5.60 Å². The lowest BCUT2D eigenvalue weighted by Crippen LogP contribution is -2.50. The predicted octanol–water partition coefficient (Wildman–Crippen LogP) is 5.76. The zero-order valence-electron chi connectivity index (χ0n) is 21.5. The molecule has 1 amide bonds. The van der Waals surface area contributed by atoms with E-state index < -0.39 is 5.60 Å². The highest BCUT2D eigenvalue weighted by Crippen LogP contribution is 2.24. The summed E-state index contributed by atoms with van der Waals surface area (Å²) in [6, 6.07) is 12.3. The van der Waals surface area contributed by atoms with Crippen molar-refractivity contribution >= 4 is 40.7 Å². The summed E-state index contributed by atoms with van der Waals surface area (Å²) >= 11 is 12.0. The topological polar surface area (TPSA) is 48.1 Å². The first kappa shape index (κ1) is 27.4. The van der Waals surface area contributed by atoms with E-state index in [1.807, 2.05) is 52.8 Å². The van der Waals surface area contributed by atoms with Crippen molar-refractivity contribution in [1.82, 2.24) is 10.2 Å². The standard InChI is InChI=1S/C16H23ClN2O2.C11H15ClN2/c1-12-11-13(5-6-14(12)17)18-7-9-19(10-8-18)15(20)21-16(2,3)4;1-9-8-10(2-3-11(9)12)14-6-4-13-5-7-14/h5-6,11H,7-10H2,1-4H3;2-3,8,13H,4-7H2,1H3. The Hall–Kier alpha value is -2.15. The molecular formula is C27H38Cl2N4O2. The second-order valence-corrected chi connectivity index (χ2v) is 10.9. The van der Waals surface area contributed by atoms with E-state index in [2.05, 4.69) is 33.3 Å². The lowest BCUT2D eigenvalue weighted by atomic mass is 10.2. The quantitative estimate of drug-likeness (QED) is 0.545. The summed E-state index contributed by atoms with van der Waals surface area (Å²) in [5.74, 6) is 0. The number of nitrogens with zero attached hydrogens (tertiary/aromatic N) is 3. The van der Waals surface area contributed by atoms with Crippen molar-refractivity contribution in [2.45, 2.75) is 40.2 Å². The molecule has 2 heterocycles. The molecule has 6 nitrogen and oxygen atoms in total. The van der Waals surface area contributed by atoms with Gasteiger partial charge in [0.15, 0.2) is 0 Å². The number of amides is 1. The molecule has 0 radical (unpaired) electrons. The van der Waals surface area contributed by atoms with E-state index in [1.165, 1.54) is 5.69 Å². The van der Waals surface area contributed by atoms with E-state index in [1.54, 1.807) is 4.90 Å². The SMILES string of the molecule is Cc1cc(N2CCN(C(=O)OC(C)(C)C)CC2)ccc1Cl.Cc1cc(N2CCNCC2)ccc1Cl. The molecule has 0 saturated carbocycles. The molecule has 4 rings (SSSR count). The highest BCUT2D eigenvalue weighted by atomic mass is 35.5. The van der Waals surface area contributed by atoms with Crippen LogP contribution in [-0.2, 0) is 4.74 Å². The Kier molecular flexibility index (Phi) is 9.56. The van der Waals surface area contributed by atoms with Crippen LogP contribution in [0.3, 0.4) is 0 Å². The van der Waals surface area contributed by atoms with Crippen LogP contribution >= 0.6 is 23.2 Å². The molecule has 0 atom stereocenters. The number of hydrogen-bond acceptors (Lipinski definition) is 5. The van der Waals surface area contributed by atoms with E-state index in [0.717, 1.165) is 66.1 Å². The van der Waals surface area contributed by atoms with Gasteiger partial charge in [-0.05, 0) is 82.1 Å². The van der Waals surface area contributed by atoms with Crippen LogP contribution < -0.4 is 15.1 Å². The molecule has 2 aliphatic heterocycles. The number of halogens is 2. The molecule has 8 heteroatoms. The van der Waals surface area contributed by atoms with Gasteiger partial charge in [-0.15, -0.1) is 0 Å². The number of hydrogen-bond donors (Lipinski definition) is 1. The van der Waals surface area contributed by atoms with Crippen molar-refractivity contribution in [2.75, 3.05) is 62.2 Å². The van der Waals surface area contributed by atoms with Crippen LogP contribution in [0, 0.1) is 13.8 Å². The van der Waals surface area contributed by atoms with Gasteiger partial charge in [0.25, 0.3) is 0 Å². The Balaban J connectivity index is 0.000000211. The summed E-state index contributed by atoms with van der Waals surface area (Å²) in [5.41, 5.74) is 4.22. The van der Waals surface area contributed by atoms with Gasteiger partial charge in [0.05, 0.1) is 0 Å². The molecule has 0 aliphatic carbocycles. The third-order valence-corrected chi connectivity index (χ3v) is 6.91. The highest BCUT2D eigenvalue weighted by Gasteiger charge is 2.26. The lowest BCUT2D eigenvalue weighted by molar-refractivity contribution is 0.0240. The molecule has 0 bridgehead atoms. The smallest absolute Gasteiger partial charge is 0.410 e. The number of ether oxygens (including phenoxy) is 1. The summed E-state index contributed by atoms with van der Waals surface area (Å²) < 4.78 is 5.40. The van der Waals surface area contributed by atoms with Gasteiger partial charge in [-0.25, -0.2) is 4.79 Å². The van der Waals surface area contributed by atoms with Crippen LogP contribution in [0.5, 0.6) is 0 Å². The maximum absolute atomic E-state index is 12.0. The maximum Gasteiger partial charge on any atom is 0.410 e. The lowest BCUT2D eigenvalue weighted by Gasteiger charge is -2.36. The van der Waals surface area contributed by atoms with Crippen LogP contribution in [0.1, 0.15) is 31.9 Å². The molecule has 2 saturated heterocycles. The van der Waals surface area contributed by atoms with Crippen molar-refractivity contribution in [2.24, 2.45) is 0 Å². The molecular weight excluding hydrogens is 483 g/mol. The average Bonchev–Trinajstić information content (AvgIpc) is 2.83. The van der Waals surface area contributed by atoms with Crippen molar-refractivity contribution < 1.29 is 9.53 Å². The van der Waals surface area contributed by atoms with Gasteiger partial charge < -0.3 is 24.8 Å². The first-order chi connectivity index (χ1) is 16.5. The molecule has 2 aromatic carbocycles. The maximum atomic E-state index is 12.0. The van der Waals surface area contributed by atoms with E-state index in [4.69, 9.17) is 27.9 Å². The summed E-state index contributed by atoms with van der Waals surface area (Å²) in [4.78, 5) is 18.4. The van der Waals surface area contributed by atoms with E-state index in [0.29, 0.717) is 13.1 Å². The minimum absolute atomic E-state index is 0.227. The fraction of sp³-hybridized carbons (Fsp3) is 0.519. The van der Waals surface area contributed by atoms with Crippen molar-refractivity contribution in [1.29, 1.82) is 0 Å². The van der Waals surface area contributed by atoms with Gasteiger partial charge in [0, 0.05) is 73.8 Å². The number of nitrogens with one attached hydrogen (secondary N) is 1. The van der Waals surface area contributed by atoms with Crippen LogP contribution in [0.4, 0.5) is 16.2 Å². The van der Waals surface area contributed by atoms with Crippen LogP contribution in [0.25, 0.3) is 0 Å². The second-order valence-electron chi connectivity index (χ2n) is 10.1. The Labute approximate surface area is 220 Å². The van der Waals surface area contributed by atoms with Gasteiger partial charge in [-0.2, -0.15) is 0 Å². The van der Waals surface area contributed by atoms with Gasteiger partial charge in [-0.3, -0.25) is 0 Å². The first-order valence-electron chi connectivity index (χ1n) is 12.2. The minimum Gasteiger partial charge on any atom is -0.444 e. The van der Waals surface area contributed by atoms with Gasteiger partial charge in [-0.1, -0.05) is 23.2 Å². The largest absolute Gasteiger partial charge is 0.444 e.